The van der Waals surface area contributed by atoms with Crippen LogP contribution in [0.1, 0.15) is 57.4 Å². The first-order valence-corrected chi connectivity index (χ1v) is 8.24. The quantitative estimate of drug-likeness (QED) is 0.625. The molecule has 0 heterocycles. The highest BCUT2D eigenvalue weighted by atomic mass is 35.5. The van der Waals surface area contributed by atoms with E-state index in [0.29, 0.717) is 17.1 Å². The van der Waals surface area contributed by atoms with E-state index in [0.717, 1.165) is 24.3 Å². The first-order chi connectivity index (χ1) is 9.82. The summed E-state index contributed by atoms with van der Waals surface area (Å²) in [5, 5.41) is -0.170. The Bertz CT molecular complexity index is 473. The molecular weight excluding hydrogens is 287 g/mol. The van der Waals surface area contributed by atoms with Crippen molar-refractivity contribution < 1.29 is 9.13 Å². The molecule has 0 spiro atoms. The summed E-state index contributed by atoms with van der Waals surface area (Å²) >= 11 is 6.66. The second-order valence-corrected chi connectivity index (χ2v) is 7.74. The molecule has 1 fully saturated rings. The van der Waals surface area contributed by atoms with Crippen molar-refractivity contribution in [1.82, 2.24) is 0 Å². The largest absolute Gasteiger partial charge is 0.496 e. The molecule has 0 bridgehead atoms. The minimum Gasteiger partial charge on any atom is -0.496 e. The highest BCUT2D eigenvalue weighted by Gasteiger charge is 2.33. The second kappa shape index (κ2) is 6.56. The van der Waals surface area contributed by atoms with Crippen LogP contribution >= 0.6 is 11.6 Å². The second-order valence-electron chi connectivity index (χ2n) is 7.27. The zero-order valence-electron chi connectivity index (χ0n) is 13.5. The number of hydrogen-bond acceptors (Lipinski definition) is 1. The molecule has 0 saturated heterocycles. The van der Waals surface area contributed by atoms with E-state index in [9.17, 15) is 4.39 Å². The lowest BCUT2D eigenvalue weighted by atomic mass is 9.69. The third-order valence-electron chi connectivity index (χ3n) is 4.90. The predicted octanol–water partition coefficient (Wildman–Crippen LogP) is 5.97. The summed E-state index contributed by atoms with van der Waals surface area (Å²) in [6.07, 6.45) is 4.62. The lowest BCUT2D eigenvalue weighted by Gasteiger charge is -2.38. The molecule has 1 unspecified atom stereocenters. The van der Waals surface area contributed by atoms with Gasteiger partial charge in [0, 0.05) is 5.56 Å². The maximum Gasteiger partial charge on any atom is 0.123 e. The molecule has 1 aliphatic carbocycles. The molecule has 118 valence electrons. The standard InChI is InChI=1S/C18H26ClFO/c1-18(2,3)13-7-5-12(6-8-13)17(19)15-11-14(20)9-10-16(15)21-4/h9-13,17H,5-8H2,1-4H3. The molecule has 0 N–H and O–H groups in total. The normalized spacial score (nSPS) is 24.7. The molecule has 1 aliphatic rings. The fourth-order valence-corrected chi connectivity index (χ4v) is 3.88. The van der Waals surface area contributed by atoms with Gasteiger partial charge in [0.25, 0.3) is 0 Å². The Hall–Kier alpha value is -0.760. The third-order valence-corrected chi connectivity index (χ3v) is 5.49. The minimum atomic E-state index is -0.250. The summed E-state index contributed by atoms with van der Waals surface area (Å²) in [6.45, 7) is 6.93. The molecule has 0 amide bonds. The molecule has 1 saturated carbocycles. The third kappa shape index (κ3) is 3.91. The van der Waals surface area contributed by atoms with E-state index in [1.54, 1.807) is 13.2 Å². The van der Waals surface area contributed by atoms with Crippen molar-refractivity contribution in [1.29, 1.82) is 0 Å². The summed E-state index contributed by atoms with van der Waals surface area (Å²) in [6, 6.07) is 4.61. The van der Waals surface area contributed by atoms with Gasteiger partial charge in [0.2, 0.25) is 0 Å². The fourth-order valence-electron chi connectivity index (χ4n) is 3.45. The first-order valence-electron chi connectivity index (χ1n) is 7.80. The van der Waals surface area contributed by atoms with Crippen LogP contribution in [0.3, 0.4) is 0 Å². The smallest absolute Gasteiger partial charge is 0.123 e. The van der Waals surface area contributed by atoms with E-state index >= 15 is 0 Å². The summed E-state index contributed by atoms with van der Waals surface area (Å²) < 4.78 is 18.9. The number of halogens is 2. The molecule has 1 atom stereocenters. The van der Waals surface area contributed by atoms with Gasteiger partial charge < -0.3 is 4.74 Å². The fraction of sp³-hybridized carbons (Fsp3) is 0.667. The van der Waals surface area contributed by atoms with E-state index in [2.05, 4.69) is 20.8 Å². The zero-order valence-corrected chi connectivity index (χ0v) is 14.2. The summed E-state index contributed by atoms with van der Waals surface area (Å²) in [4.78, 5) is 0. The van der Waals surface area contributed by atoms with Crippen molar-refractivity contribution in [2.24, 2.45) is 17.3 Å². The zero-order chi connectivity index (χ0) is 15.6. The number of methoxy groups -OCH3 is 1. The maximum atomic E-state index is 13.5. The van der Waals surface area contributed by atoms with Crippen LogP contribution in [-0.4, -0.2) is 7.11 Å². The lowest BCUT2D eigenvalue weighted by Crippen LogP contribution is -2.27. The van der Waals surface area contributed by atoms with E-state index in [4.69, 9.17) is 16.3 Å². The lowest BCUT2D eigenvalue weighted by molar-refractivity contribution is 0.148. The topological polar surface area (TPSA) is 9.23 Å². The van der Waals surface area contributed by atoms with Gasteiger partial charge in [0.15, 0.2) is 0 Å². The Balaban J connectivity index is 2.08. The van der Waals surface area contributed by atoms with Crippen molar-refractivity contribution >= 4 is 11.6 Å². The molecule has 0 aliphatic heterocycles. The monoisotopic (exact) mass is 312 g/mol. The number of alkyl halides is 1. The van der Waals surface area contributed by atoms with Gasteiger partial charge >= 0.3 is 0 Å². The van der Waals surface area contributed by atoms with Crippen molar-refractivity contribution in [3.8, 4) is 5.75 Å². The van der Waals surface area contributed by atoms with E-state index in [-0.39, 0.29) is 11.2 Å². The van der Waals surface area contributed by atoms with Crippen LogP contribution in [0.2, 0.25) is 0 Å². The molecular formula is C18H26ClFO. The number of rotatable bonds is 3. The predicted molar refractivity (Wildman–Crippen MR) is 86.4 cm³/mol. The first kappa shape index (κ1) is 16.6. The van der Waals surface area contributed by atoms with Crippen LogP contribution in [0.15, 0.2) is 18.2 Å². The van der Waals surface area contributed by atoms with Crippen LogP contribution < -0.4 is 4.74 Å². The summed E-state index contributed by atoms with van der Waals surface area (Å²) in [5.41, 5.74) is 1.15. The van der Waals surface area contributed by atoms with Crippen LogP contribution in [0.25, 0.3) is 0 Å². The highest BCUT2D eigenvalue weighted by molar-refractivity contribution is 6.21. The van der Waals surface area contributed by atoms with Gasteiger partial charge in [0.05, 0.1) is 12.5 Å². The average Bonchev–Trinajstić information content (AvgIpc) is 2.45. The van der Waals surface area contributed by atoms with E-state index < -0.39 is 0 Å². The molecule has 2 rings (SSSR count). The summed E-state index contributed by atoms with van der Waals surface area (Å²) in [7, 11) is 1.61. The van der Waals surface area contributed by atoms with Crippen LogP contribution in [-0.2, 0) is 0 Å². The number of hydrogen-bond donors (Lipinski definition) is 0. The Morgan fingerprint density at radius 2 is 1.81 bits per heavy atom. The van der Waals surface area contributed by atoms with Gasteiger partial charge in [-0.15, -0.1) is 11.6 Å². The molecule has 21 heavy (non-hydrogen) atoms. The van der Waals surface area contributed by atoms with Crippen LogP contribution in [0.5, 0.6) is 5.75 Å². The number of benzene rings is 1. The van der Waals surface area contributed by atoms with Crippen molar-refractivity contribution in [3.05, 3.63) is 29.6 Å². The molecule has 0 aromatic heterocycles. The van der Waals surface area contributed by atoms with Gasteiger partial charge in [-0.3, -0.25) is 0 Å². The van der Waals surface area contributed by atoms with Crippen molar-refractivity contribution in [2.45, 2.75) is 51.8 Å². The molecule has 0 radical (unpaired) electrons. The van der Waals surface area contributed by atoms with Crippen molar-refractivity contribution in [3.63, 3.8) is 0 Å². The Morgan fingerprint density at radius 3 is 2.33 bits per heavy atom. The summed E-state index contributed by atoms with van der Waals surface area (Å²) in [5.74, 6) is 1.60. The van der Waals surface area contributed by atoms with Crippen LogP contribution in [0.4, 0.5) is 4.39 Å². The van der Waals surface area contributed by atoms with Gasteiger partial charge in [0.1, 0.15) is 11.6 Å². The highest BCUT2D eigenvalue weighted by Crippen LogP contribution is 2.46. The van der Waals surface area contributed by atoms with E-state index in [1.165, 1.54) is 25.0 Å². The Morgan fingerprint density at radius 1 is 1.19 bits per heavy atom. The number of ether oxygens (including phenoxy) is 1. The molecule has 3 heteroatoms. The maximum absolute atomic E-state index is 13.5. The van der Waals surface area contributed by atoms with Gasteiger partial charge in [-0.1, -0.05) is 20.8 Å². The molecule has 1 aromatic rings. The van der Waals surface area contributed by atoms with Gasteiger partial charge in [-0.2, -0.15) is 0 Å². The van der Waals surface area contributed by atoms with Crippen molar-refractivity contribution in [2.75, 3.05) is 7.11 Å². The SMILES string of the molecule is COc1ccc(F)cc1C(Cl)C1CCC(C(C)(C)C)CC1. The average molecular weight is 313 g/mol. The van der Waals surface area contributed by atoms with Gasteiger partial charge in [-0.05, 0) is 61.1 Å². The van der Waals surface area contributed by atoms with Crippen LogP contribution in [0, 0.1) is 23.1 Å². The Labute approximate surface area is 132 Å². The minimum absolute atomic E-state index is 0.170. The van der Waals surface area contributed by atoms with Gasteiger partial charge in [-0.25, -0.2) is 4.39 Å². The Kier molecular flexibility index (Phi) is 5.19. The molecule has 1 aromatic carbocycles. The molecule has 1 nitrogen and oxygen atoms in total. The van der Waals surface area contributed by atoms with E-state index in [1.807, 2.05) is 0 Å².